The number of carbonyl (C=O) groups excluding carboxylic acids is 2. The highest BCUT2D eigenvalue weighted by atomic mass is 35.5. The number of carbonyl (C=O) groups is 2. The lowest BCUT2D eigenvalue weighted by molar-refractivity contribution is -0.118. The molecule has 146 valence electrons. The van der Waals surface area contributed by atoms with Crippen LogP contribution in [-0.4, -0.2) is 31.7 Å². The van der Waals surface area contributed by atoms with E-state index in [2.05, 4.69) is 10.4 Å². The van der Waals surface area contributed by atoms with Crippen molar-refractivity contribution in [1.29, 1.82) is 0 Å². The first kappa shape index (κ1) is 19.7. The zero-order chi connectivity index (χ0) is 20.3. The van der Waals surface area contributed by atoms with Crippen LogP contribution >= 0.6 is 11.6 Å². The molecule has 0 aromatic heterocycles. The first-order valence-corrected chi connectivity index (χ1v) is 9.00. The quantitative estimate of drug-likeness (QED) is 0.826. The Morgan fingerprint density at radius 1 is 1.14 bits per heavy atom. The standard InChI is InChI=1S/C20H20ClN3O4/c1-12-4-5-13(10-15(12)21)24-19(25)9-7-16(23-24)20(26)22-17-11-14(27-2)6-8-18(17)28-3/h4-6,8,10-11H,7,9H2,1-3H3,(H,22,26). The van der Waals surface area contributed by atoms with Crippen molar-refractivity contribution in [1.82, 2.24) is 0 Å². The number of nitrogens with zero attached hydrogens (tertiary/aromatic N) is 2. The molecule has 0 saturated heterocycles. The number of benzene rings is 2. The molecule has 0 spiro atoms. The number of aryl methyl sites for hydroxylation is 1. The Morgan fingerprint density at radius 3 is 2.61 bits per heavy atom. The van der Waals surface area contributed by atoms with Gasteiger partial charge in [0, 0.05) is 23.9 Å². The summed E-state index contributed by atoms with van der Waals surface area (Å²) in [5.41, 5.74) is 2.10. The predicted octanol–water partition coefficient (Wildman–Crippen LogP) is 3.79. The summed E-state index contributed by atoms with van der Waals surface area (Å²) in [5, 5.41) is 8.77. The highest BCUT2D eigenvalue weighted by Gasteiger charge is 2.26. The molecule has 1 N–H and O–H groups in total. The molecule has 1 aliphatic heterocycles. The number of nitrogens with one attached hydrogen (secondary N) is 1. The van der Waals surface area contributed by atoms with Gasteiger partial charge in [-0.3, -0.25) is 9.59 Å². The van der Waals surface area contributed by atoms with Crippen LogP contribution in [0.3, 0.4) is 0 Å². The average molecular weight is 402 g/mol. The fraction of sp³-hybridized carbons (Fsp3) is 0.250. The van der Waals surface area contributed by atoms with Gasteiger partial charge in [-0.25, -0.2) is 5.01 Å². The summed E-state index contributed by atoms with van der Waals surface area (Å²) < 4.78 is 10.5. The highest BCUT2D eigenvalue weighted by molar-refractivity contribution is 6.44. The van der Waals surface area contributed by atoms with Crippen molar-refractivity contribution in [3.63, 3.8) is 0 Å². The van der Waals surface area contributed by atoms with Crippen LogP contribution in [0.4, 0.5) is 11.4 Å². The Labute approximate surface area is 167 Å². The lowest BCUT2D eigenvalue weighted by Crippen LogP contribution is -2.36. The lowest BCUT2D eigenvalue weighted by atomic mass is 10.1. The molecule has 2 amide bonds. The van der Waals surface area contributed by atoms with Crippen LogP contribution < -0.4 is 19.8 Å². The third kappa shape index (κ3) is 4.09. The topological polar surface area (TPSA) is 80.2 Å². The molecule has 0 radical (unpaired) electrons. The van der Waals surface area contributed by atoms with Crippen LogP contribution in [0, 0.1) is 6.92 Å². The van der Waals surface area contributed by atoms with Gasteiger partial charge in [0.2, 0.25) is 5.91 Å². The van der Waals surface area contributed by atoms with E-state index in [9.17, 15) is 9.59 Å². The molecule has 0 fully saturated rings. The number of hydrogen-bond acceptors (Lipinski definition) is 5. The fourth-order valence-corrected chi connectivity index (χ4v) is 2.91. The van der Waals surface area contributed by atoms with Crippen LogP contribution in [0.15, 0.2) is 41.5 Å². The molecule has 7 nitrogen and oxygen atoms in total. The molecule has 1 heterocycles. The maximum atomic E-state index is 12.7. The van der Waals surface area contributed by atoms with E-state index in [1.54, 1.807) is 36.4 Å². The highest BCUT2D eigenvalue weighted by Crippen LogP contribution is 2.30. The first-order chi connectivity index (χ1) is 13.4. The Bertz CT molecular complexity index is 958. The molecule has 0 bridgehead atoms. The van der Waals surface area contributed by atoms with Gasteiger partial charge in [0.1, 0.15) is 17.2 Å². The Hall–Kier alpha value is -3.06. The molecule has 0 saturated carbocycles. The van der Waals surface area contributed by atoms with E-state index in [0.717, 1.165) is 5.56 Å². The van der Waals surface area contributed by atoms with Crippen LogP contribution in [0.25, 0.3) is 0 Å². The summed E-state index contributed by atoms with van der Waals surface area (Å²) in [4.78, 5) is 25.0. The molecular formula is C20H20ClN3O4. The molecule has 0 atom stereocenters. The number of rotatable bonds is 5. The van der Waals surface area contributed by atoms with Crippen molar-refractivity contribution in [3.05, 3.63) is 47.0 Å². The van der Waals surface area contributed by atoms with E-state index in [1.807, 2.05) is 6.92 Å². The Morgan fingerprint density at radius 2 is 1.93 bits per heavy atom. The van der Waals surface area contributed by atoms with Gasteiger partial charge in [0.25, 0.3) is 5.91 Å². The smallest absolute Gasteiger partial charge is 0.271 e. The van der Waals surface area contributed by atoms with Gasteiger partial charge in [-0.1, -0.05) is 17.7 Å². The zero-order valence-corrected chi connectivity index (χ0v) is 16.5. The summed E-state index contributed by atoms with van der Waals surface area (Å²) >= 11 is 6.16. The third-order valence-electron chi connectivity index (χ3n) is 4.35. The zero-order valence-electron chi connectivity index (χ0n) is 15.8. The van der Waals surface area contributed by atoms with E-state index in [0.29, 0.717) is 27.9 Å². The number of ether oxygens (including phenoxy) is 2. The van der Waals surface area contributed by atoms with Crippen LogP contribution in [0.2, 0.25) is 5.02 Å². The minimum atomic E-state index is -0.415. The van der Waals surface area contributed by atoms with Crippen molar-refractivity contribution in [2.24, 2.45) is 5.10 Å². The van der Waals surface area contributed by atoms with Gasteiger partial charge in [0.05, 0.1) is 25.6 Å². The Kier molecular flexibility index (Phi) is 5.84. The second-order valence-corrected chi connectivity index (χ2v) is 6.61. The van der Waals surface area contributed by atoms with E-state index in [1.165, 1.54) is 19.2 Å². The monoisotopic (exact) mass is 401 g/mol. The Balaban J connectivity index is 1.87. The van der Waals surface area contributed by atoms with E-state index in [-0.39, 0.29) is 24.5 Å². The maximum Gasteiger partial charge on any atom is 0.271 e. The molecular weight excluding hydrogens is 382 g/mol. The molecule has 0 unspecified atom stereocenters. The number of anilines is 2. The van der Waals surface area contributed by atoms with E-state index >= 15 is 0 Å². The minimum Gasteiger partial charge on any atom is -0.497 e. The molecule has 2 aromatic carbocycles. The SMILES string of the molecule is COc1ccc(OC)c(NC(=O)C2=NN(c3ccc(C)c(Cl)c3)C(=O)CC2)c1. The molecule has 28 heavy (non-hydrogen) atoms. The van der Waals surface area contributed by atoms with Crippen molar-refractivity contribution in [2.75, 3.05) is 24.5 Å². The number of methoxy groups -OCH3 is 2. The van der Waals surface area contributed by atoms with Crippen LogP contribution in [0.1, 0.15) is 18.4 Å². The summed E-state index contributed by atoms with van der Waals surface area (Å²) in [6.45, 7) is 1.87. The first-order valence-electron chi connectivity index (χ1n) is 8.63. The second-order valence-electron chi connectivity index (χ2n) is 6.21. The van der Waals surface area contributed by atoms with Gasteiger partial charge < -0.3 is 14.8 Å². The van der Waals surface area contributed by atoms with Crippen molar-refractivity contribution in [2.45, 2.75) is 19.8 Å². The van der Waals surface area contributed by atoms with Crippen molar-refractivity contribution >= 4 is 40.5 Å². The largest absolute Gasteiger partial charge is 0.497 e. The van der Waals surface area contributed by atoms with E-state index in [4.69, 9.17) is 21.1 Å². The van der Waals surface area contributed by atoms with Crippen LogP contribution in [0.5, 0.6) is 11.5 Å². The molecule has 2 aromatic rings. The lowest BCUT2D eigenvalue weighted by Gasteiger charge is -2.23. The van der Waals surface area contributed by atoms with Crippen LogP contribution in [-0.2, 0) is 9.59 Å². The van der Waals surface area contributed by atoms with Gasteiger partial charge >= 0.3 is 0 Å². The van der Waals surface area contributed by atoms with E-state index < -0.39 is 5.91 Å². The van der Waals surface area contributed by atoms with Gasteiger partial charge in [-0.05, 0) is 36.8 Å². The molecule has 8 heteroatoms. The van der Waals surface area contributed by atoms with Crippen molar-refractivity contribution < 1.29 is 19.1 Å². The third-order valence-corrected chi connectivity index (χ3v) is 4.76. The normalized spacial score (nSPS) is 13.8. The number of amides is 2. The molecule has 0 aliphatic carbocycles. The number of hydrogen-bond donors (Lipinski definition) is 1. The fourth-order valence-electron chi connectivity index (χ4n) is 2.74. The average Bonchev–Trinajstić information content (AvgIpc) is 2.70. The molecule has 1 aliphatic rings. The maximum absolute atomic E-state index is 12.7. The van der Waals surface area contributed by atoms with Gasteiger partial charge in [-0.2, -0.15) is 5.10 Å². The summed E-state index contributed by atoms with van der Waals surface area (Å²) in [5.74, 6) is 0.453. The van der Waals surface area contributed by atoms with Crippen molar-refractivity contribution in [3.8, 4) is 11.5 Å². The summed E-state index contributed by atoms with van der Waals surface area (Å²) in [7, 11) is 3.05. The minimum absolute atomic E-state index is 0.174. The number of halogens is 1. The van der Waals surface area contributed by atoms with Gasteiger partial charge in [0.15, 0.2) is 0 Å². The molecule has 3 rings (SSSR count). The predicted molar refractivity (Wildman–Crippen MR) is 109 cm³/mol. The second kappa shape index (κ2) is 8.31. The van der Waals surface area contributed by atoms with Gasteiger partial charge in [-0.15, -0.1) is 0 Å². The number of hydrazone groups is 1. The summed E-state index contributed by atoms with van der Waals surface area (Å²) in [6, 6.07) is 10.3. The summed E-state index contributed by atoms with van der Waals surface area (Å²) in [6.07, 6.45) is 0.417.